The highest BCUT2D eigenvalue weighted by molar-refractivity contribution is 6.35. The van der Waals surface area contributed by atoms with Crippen LogP contribution in [-0.4, -0.2) is 18.3 Å². The summed E-state index contributed by atoms with van der Waals surface area (Å²) >= 11 is 5.95. The Balaban J connectivity index is 2.39. The number of hydrogen-bond donors (Lipinski definition) is 0. The van der Waals surface area contributed by atoms with Crippen LogP contribution in [0, 0.1) is 0 Å². The van der Waals surface area contributed by atoms with E-state index in [0.29, 0.717) is 10.8 Å². The minimum atomic E-state index is -0.506. The molecule has 0 aliphatic carbocycles. The molecule has 0 spiro atoms. The Morgan fingerprint density at radius 2 is 2.27 bits per heavy atom. The van der Waals surface area contributed by atoms with Gasteiger partial charge in [0.2, 0.25) is 0 Å². The van der Waals surface area contributed by atoms with Gasteiger partial charge in [-0.2, -0.15) is 0 Å². The molecule has 1 heterocycles. The number of para-hydroxylation sites is 1. The van der Waals surface area contributed by atoms with Gasteiger partial charge in [0, 0.05) is 5.39 Å². The van der Waals surface area contributed by atoms with Gasteiger partial charge in [-0.05, 0) is 12.1 Å². The molecule has 0 unspecified atom stereocenters. The molecule has 0 aliphatic rings. The number of nitrogens with zero attached hydrogens (tertiary/aromatic N) is 1. The van der Waals surface area contributed by atoms with Crippen LogP contribution in [0.4, 0.5) is 4.39 Å². The lowest BCUT2D eigenvalue weighted by molar-refractivity contribution is 0.273. The standard InChI is InChI=1S/C11H9ClFNO/c12-10-3-1-2-8-6-9(15-5-4-13)7-14-11(8)10/h1-3,6-7H,4-5H2. The molecule has 0 N–H and O–H groups in total. The van der Waals surface area contributed by atoms with E-state index in [0.717, 1.165) is 10.9 Å². The first kappa shape index (κ1) is 10.2. The third kappa shape index (κ3) is 2.18. The molecule has 4 heteroatoms. The summed E-state index contributed by atoms with van der Waals surface area (Å²) in [4.78, 5) is 4.15. The first-order valence-corrected chi connectivity index (χ1v) is 4.92. The van der Waals surface area contributed by atoms with Crippen molar-refractivity contribution < 1.29 is 9.13 Å². The van der Waals surface area contributed by atoms with Gasteiger partial charge >= 0.3 is 0 Å². The maximum Gasteiger partial charge on any atom is 0.138 e. The van der Waals surface area contributed by atoms with Crippen molar-refractivity contribution in [2.75, 3.05) is 13.3 Å². The molecular formula is C11H9ClFNO. The highest BCUT2D eigenvalue weighted by atomic mass is 35.5. The number of aromatic nitrogens is 1. The van der Waals surface area contributed by atoms with Crippen molar-refractivity contribution in [1.82, 2.24) is 4.98 Å². The number of alkyl halides is 1. The SMILES string of the molecule is FCCOc1cnc2c(Cl)cccc2c1. The molecule has 1 aromatic heterocycles. The van der Waals surface area contributed by atoms with Gasteiger partial charge in [0.1, 0.15) is 19.0 Å². The van der Waals surface area contributed by atoms with E-state index in [9.17, 15) is 4.39 Å². The fourth-order valence-corrected chi connectivity index (χ4v) is 1.57. The Kier molecular flexibility index (Phi) is 3.02. The Bertz CT molecular complexity index is 475. The van der Waals surface area contributed by atoms with Crippen molar-refractivity contribution in [3.05, 3.63) is 35.5 Å². The predicted molar refractivity (Wildman–Crippen MR) is 58.2 cm³/mol. The van der Waals surface area contributed by atoms with Crippen LogP contribution in [0.2, 0.25) is 5.02 Å². The Hall–Kier alpha value is -1.35. The van der Waals surface area contributed by atoms with Crippen LogP contribution in [-0.2, 0) is 0 Å². The van der Waals surface area contributed by atoms with Gasteiger partial charge in [-0.3, -0.25) is 4.98 Å². The molecule has 1 aromatic carbocycles. The highest BCUT2D eigenvalue weighted by Gasteiger charge is 2.01. The molecule has 15 heavy (non-hydrogen) atoms. The van der Waals surface area contributed by atoms with E-state index in [4.69, 9.17) is 16.3 Å². The van der Waals surface area contributed by atoms with Crippen molar-refractivity contribution in [2.24, 2.45) is 0 Å². The molecule has 0 saturated carbocycles. The zero-order chi connectivity index (χ0) is 10.7. The van der Waals surface area contributed by atoms with Gasteiger partial charge in [-0.25, -0.2) is 4.39 Å². The van der Waals surface area contributed by atoms with E-state index >= 15 is 0 Å². The van der Waals surface area contributed by atoms with Crippen molar-refractivity contribution in [1.29, 1.82) is 0 Å². The molecule has 0 fully saturated rings. The quantitative estimate of drug-likeness (QED) is 0.800. The van der Waals surface area contributed by atoms with E-state index < -0.39 is 6.67 Å². The molecule has 2 aromatic rings. The second-order valence-corrected chi connectivity index (χ2v) is 3.43. The molecule has 0 radical (unpaired) electrons. The van der Waals surface area contributed by atoms with Gasteiger partial charge in [0.25, 0.3) is 0 Å². The molecule has 78 valence electrons. The zero-order valence-corrected chi connectivity index (χ0v) is 8.67. The number of benzene rings is 1. The number of hydrogen-bond acceptors (Lipinski definition) is 2. The van der Waals surface area contributed by atoms with E-state index in [1.54, 1.807) is 18.3 Å². The molecule has 0 saturated heterocycles. The van der Waals surface area contributed by atoms with Gasteiger partial charge in [-0.1, -0.05) is 23.7 Å². The lowest BCUT2D eigenvalue weighted by Gasteiger charge is -2.04. The first-order valence-electron chi connectivity index (χ1n) is 4.54. The molecule has 2 rings (SSSR count). The Morgan fingerprint density at radius 3 is 3.07 bits per heavy atom. The van der Waals surface area contributed by atoms with Crippen LogP contribution in [0.1, 0.15) is 0 Å². The van der Waals surface area contributed by atoms with E-state index in [1.165, 1.54) is 0 Å². The normalized spacial score (nSPS) is 10.5. The maximum atomic E-state index is 11.9. The van der Waals surface area contributed by atoms with Gasteiger partial charge in [-0.15, -0.1) is 0 Å². The second-order valence-electron chi connectivity index (χ2n) is 3.02. The lowest BCUT2D eigenvalue weighted by atomic mass is 10.2. The summed E-state index contributed by atoms with van der Waals surface area (Å²) in [5.41, 5.74) is 0.728. The number of fused-ring (bicyclic) bond motifs is 1. The molecule has 0 atom stereocenters. The number of rotatable bonds is 3. The van der Waals surface area contributed by atoms with Gasteiger partial charge in [0.05, 0.1) is 16.7 Å². The minimum absolute atomic E-state index is 0.0494. The monoisotopic (exact) mass is 225 g/mol. The van der Waals surface area contributed by atoms with Gasteiger partial charge in [0.15, 0.2) is 0 Å². The first-order chi connectivity index (χ1) is 7.31. The summed E-state index contributed by atoms with van der Waals surface area (Å²) in [5.74, 6) is 0.558. The van der Waals surface area contributed by atoms with Crippen LogP contribution in [0.3, 0.4) is 0 Å². The van der Waals surface area contributed by atoms with Crippen LogP contribution in [0.25, 0.3) is 10.9 Å². The summed E-state index contributed by atoms with van der Waals surface area (Å²) < 4.78 is 17.0. The van der Waals surface area contributed by atoms with Crippen molar-refractivity contribution in [3.8, 4) is 5.75 Å². The molecular weight excluding hydrogens is 217 g/mol. The average molecular weight is 226 g/mol. The molecule has 0 bridgehead atoms. The van der Waals surface area contributed by atoms with Crippen LogP contribution in [0.5, 0.6) is 5.75 Å². The third-order valence-corrected chi connectivity index (χ3v) is 2.29. The fourth-order valence-electron chi connectivity index (χ4n) is 1.34. The molecule has 0 amide bonds. The van der Waals surface area contributed by atoms with Crippen LogP contribution >= 0.6 is 11.6 Å². The van der Waals surface area contributed by atoms with Crippen molar-refractivity contribution in [2.45, 2.75) is 0 Å². The molecule has 2 nitrogen and oxygen atoms in total. The Morgan fingerprint density at radius 1 is 1.40 bits per heavy atom. The lowest BCUT2D eigenvalue weighted by Crippen LogP contribution is -1.98. The van der Waals surface area contributed by atoms with Crippen LogP contribution in [0.15, 0.2) is 30.5 Å². The minimum Gasteiger partial charge on any atom is -0.489 e. The van der Waals surface area contributed by atoms with Crippen LogP contribution < -0.4 is 4.74 Å². The topological polar surface area (TPSA) is 22.1 Å². The number of halogens is 2. The number of pyridine rings is 1. The summed E-state index contributed by atoms with van der Waals surface area (Å²) in [6, 6.07) is 7.30. The summed E-state index contributed by atoms with van der Waals surface area (Å²) in [7, 11) is 0. The summed E-state index contributed by atoms with van der Waals surface area (Å²) in [5, 5.41) is 1.49. The van der Waals surface area contributed by atoms with Crippen molar-refractivity contribution >= 4 is 22.5 Å². The average Bonchev–Trinajstić information content (AvgIpc) is 2.26. The van der Waals surface area contributed by atoms with Crippen molar-refractivity contribution in [3.63, 3.8) is 0 Å². The zero-order valence-electron chi connectivity index (χ0n) is 7.91. The fraction of sp³-hybridized carbons (Fsp3) is 0.182. The van der Waals surface area contributed by atoms with Gasteiger partial charge < -0.3 is 4.74 Å². The number of ether oxygens (including phenoxy) is 1. The summed E-state index contributed by atoms with van der Waals surface area (Å²) in [6.45, 7) is -0.457. The second kappa shape index (κ2) is 4.45. The highest BCUT2D eigenvalue weighted by Crippen LogP contribution is 2.24. The van der Waals surface area contributed by atoms with E-state index in [2.05, 4.69) is 4.98 Å². The van der Waals surface area contributed by atoms with E-state index in [-0.39, 0.29) is 6.61 Å². The molecule has 0 aliphatic heterocycles. The van der Waals surface area contributed by atoms with E-state index in [1.807, 2.05) is 12.1 Å². The largest absolute Gasteiger partial charge is 0.489 e. The smallest absolute Gasteiger partial charge is 0.138 e. The Labute approximate surface area is 91.6 Å². The predicted octanol–water partition coefficient (Wildman–Crippen LogP) is 3.24. The summed E-state index contributed by atoms with van der Waals surface area (Å²) in [6.07, 6.45) is 1.55. The maximum absolute atomic E-state index is 11.9. The third-order valence-electron chi connectivity index (χ3n) is 1.98.